The fraction of sp³-hybridized carbons (Fsp3) is 0.571. The first-order chi connectivity index (χ1) is 8.91. The van der Waals surface area contributed by atoms with Crippen LogP contribution in [0.15, 0.2) is 52.2 Å². The van der Waals surface area contributed by atoms with Crippen LogP contribution in [-0.4, -0.2) is 0 Å². The van der Waals surface area contributed by atoms with Gasteiger partial charge in [-0.1, -0.05) is 56.6 Å². The van der Waals surface area contributed by atoms with Gasteiger partial charge < -0.3 is 0 Å². The molecule has 0 rings (SSSR count). The molecule has 0 saturated carbocycles. The van der Waals surface area contributed by atoms with E-state index in [0.717, 1.165) is 12.8 Å². The van der Waals surface area contributed by atoms with Gasteiger partial charge in [-0.15, -0.1) is 10.0 Å². The molecule has 0 unspecified atom stereocenters. The molecular weight excluding hydrogens is 226 g/mol. The van der Waals surface area contributed by atoms with Crippen molar-refractivity contribution in [1.29, 1.82) is 0 Å². The van der Waals surface area contributed by atoms with Crippen LogP contribution in [0.25, 0.3) is 0 Å². The maximum Gasteiger partial charge on any atom is 0.100 e. The highest BCUT2D eigenvalue weighted by molar-refractivity contribution is 4.96. The fourth-order valence-electron chi connectivity index (χ4n) is 1.41. The summed E-state index contributed by atoms with van der Waals surface area (Å²) in [6.07, 6.45) is 20.1. The lowest BCUT2D eigenvalue weighted by molar-refractivity contribution is 0.674. The molecule has 0 spiro atoms. The Hall–Kier alpha value is -1.58. The zero-order chi connectivity index (χ0) is 13.3. The Balaban J connectivity index is 3.36. The average Bonchev–Trinajstić information content (AvgIpc) is 2.39. The second kappa shape index (κ2) is 15.4. The van der Waals surface area contributed by atoms with Crippen molar-refractivity contribution < 1.29 is 0 Å². The van der Waals surface area contributed by atoms with Gasteiger partial charge in [-0.2, -0.15) is 0 Å². The number of nitrogens with zero attached hydrogens (tertiary/aromatic N) is 3. The third-order valence-electron chi connectivity index (χ3n) is 2.36. The van der Waals surface area contributed by atoms with E-state index in [1.165, 1.54) is 38.3 Å². The zero-order valence-corrected chi connectivity index (χ0v) is 11.2. The van der Waals surface area contributed by atoms with E-state index in [1.807, 2.05) is 6.08 Å². The molecule has 0 aromatic rings. The minimum Gasteiger partial charge on any atom is -0.136 e. The van der Waals surface area contributed by atoms with Crippen molar-refractivity contribution >= 4 is 0 Å². The van der Waals surface area contributed by atoms with Crippen LogP contribution in [-0.2, 0) is 0 Å². The molecule has 0 aliphatic carbocycles. The van der Waals surface area contributed by atoms with E-state index in [-0.39, 0.29) is 0 Å². The lowest BCUT2D eigenvalue weighted by Crippen LogP contribution is -1.73. The van der Waals surface area contributed by atoms with Crippen LogP contribution in [0.4, 0.5) is 0 Å². The van der Waals surface area contributed by atoms with Crippen molar-refractivity contribution in [1.82, 2.24) is 0 Å². The molecule has 4 heteroatoms. The van der Waals surface area contributed by atoms with Gasteiger partial charge in [-0.25, -0.2) is 0 Å². The maximum atomic E-state index is 9.56. The summed E-state index contributed by atoms with van der Waals surface area (Å²) in [4.78, 5) is 9.56. The molecule has 18 heavy (non-hydrogen) atoms. The molecule has 0 fully saturated rings. The largest absolute Gasteiger partial charge is 0.136 e. The standard InChI is InChI=1S/C14H23N3O/c1-2-3-4-5-6-7-8-9-10-11-12-13-14-15-16-17-18/h7-8,10-11,13-14H,2-6,9,12H2,1H3/b8-7?,11-10+,14-13+,16-15?. The first kappa shape index (κ1) is 16.4. The SMILES string of the molecule is CCCCCCC=CC/C=C/C/C=C/N=NN=O. The summed E-state index contributed by atoms with van der Waals surface area (Å²) in [6, 6.07) is 0. The number of rotatable bonds is 11. The first-order valence-electron chi connectivity index (χ1n) is 6.59. The smallest absolute Gasteiger partial charge is 0.100 e. The lowest BCUT2D eigenvalue weighted by atomic mass is 10.1. The minimum atomic E-state index is 0.794. The van der Waals surface area contributed by atoms with Gasteiger partial charge in [0.25, 0.3) is 0 Å². The van der Waals surface area contributed by atoms with Crippen molar-refractivity contribution in [2.75, 3.05) is 0 Å². The molecule has 0 heterocycles. The molecule has 0 aromatic carbocycles. The summed E-state index contributed by atoms with van der Waals surface area (Å²) in [7, 11) is 0. The van der Waals surface area contributed by atoms with Crippen molar-refractivity contribution in [2.45, 2.75) is 51.9 Å². The average molecular weight is 249 g/mol. The van der Waals surface area contributed by atoms with Crippen LogP contribution in [0.5, 0.6) is 0 Å². The second-order valence-electron chi connectivity index (χ2n) is 3.93. The van der Waals surface area contributed by atoms with Gasteiger partial charge in [0.1, 0.15) is 5.29 Å². The Labute approximate surface area is 110 Å². The molecule has 0 amide bonds. The first-order valence-corrected chi connectivity index (χ1v) is 6.59. The summed E-state index contributed by atoms with van der Waals surface area (Å²) < 4.78 is 0. The maximum absolute atomic E-state index is 9.56. The van der Waals surface area contributed by atoms with E-state index in [9.17, 15) is 4.91 Å². The number of nitroso groups, excluding NO2 is 1. The number of unbranched alkanes of at least 4 members (excludes halogenated alkanes) is 4. The van der Waals surface area contributed by atoms with Crippen molar-refractivity contribution in [3.63, 3.8) is 0 Å². The molecule has 0 atom stereocenters. The fourth-order valence-corrected chi connectivity index (χ4v) is 1.41. The number of hydrogen-bond acceptors (Lipinski definition) is 2. The van der Waals surface area contributed by atoms with Crippen molar-refractivity contribution in [2.24, 2.45) is 15.6 Å². The van der Waals surface area contributed by atoms with Crippen LogP contribution < -0.4 is 0 Å². The van der Waals surface area contributed by atoms with Gasteiger partial charge in [0.05, 0.1) is 0 Å². The van der Waals surface area contributed by atoms with E-state index >= 15 is 0 Å². The predicted octanol–water partition coefficient (Wildman–Crippen LogP) is 5.50. The van der Waals surface area contributed by atoms with Gasteiger partial charge in [-0.3, -0.25) is 0 Å². The molecule has 0 radical (unpaired) electrons. The minimum absolute atomic E-state index is 0.794. The molecule has 0 aliphatic heterocycles. The molecule has 100 valence electrons. The molecule has 4 nitrogen and oxygen atoms in total. The van der Waals surface area contributed by atoms with Crippen molar-refractivity contribution in [3.8, 4) is 0 Å². The molecule has 0 aromatic heterocycles. The topological polar surface area (TPSA) is 54.1 Å². The highest BCUT2D eigenvalue weighted by Crippen LogP contribution is 2.03. The Morgan fingerprint density at radius 3 is 2.33 bits per heavy atom. The van der Waals surface area contributed by atoms with E-state index in [1.54, 1.807) is 0 Å². The van der Waals surface area contributed by atoms with Gasteiger partial charge in [-0.05, 0) is 30.9 Å². The third kappa shape index (κ3) is 14.4. The van der Waals surface area contributed by atoms with Crippen LogP contribution >= 0.6 is 0 Å². The molecule has 0 saturated heterocycles. The van der Waals surface area contributed by atoms with E-state index in [2.05, 4.69) is 46.9 Å². The van der Waals surface area contributed by atoms with Gasteiger partial charge in [0.2, 0.25) is 0 Å². The Bertz CT molecular complexity index is 293. The Morgan fingerprint density at radius 1 is 0.889 bits per heavy atom. The predicted molar refractivity (Wildman–Crippen MR) is 76.1 cm³/mol. The molecular formula is C14H23N3O. The quantitative estimate of drug-likeness (QED) is 0.157. The van der Waals surface area contributed by atoms with Gasteiger partial charge in [0, 0.05) is 6.20 Å². The molecule has 0 aliphatic rings. The van der Waals surface area contributed by atoms with Crippen LogP contribution in [0.2, 0.25) is 0 Å². The number of hydrogen-bond donors (Lipinski definition) is 0. The third-order valence-corrected chi connectivity index (χ3v) is 2.36. The van der Waals surface area contributed by atoms with Crippen LogP contribution in [0.3, 0.4) is 0 Å². The molecule has 0 bridgehead atoms. The highest BCUT2D eigenvalue weighted by atomic mass is 16.3. The lowest BCUT2D eigenvalue weighted by Gasteiger charge is -1.93. The second-order valence-corrected chi connectivity index (χ2v) is 3.93. The van der Waals surface area contributed by atoms with Gasteiger partial charge in [0.15, 0.2) is 0 Å². The Morgan fingerprint density at radius 2 is 1.61 bits per heavy atom. The van der Waals surface area contributed by atoms with E-state index < -0.39 is 0 Å². The zero-order valence-electron chi connectivity index (χ0n) is 11.2. The highest BCUT2D eigenvalue weighted by Gasteiger charge is 1.83. The summed E-state index contributed by atoms with van der Waals surface area (Å²) in [6.45, 7) is 2.23. The van der Waals surface area contributed by atoms with Gasteiger partial charge >= 0.3 is 0 Å². The summed E-state index contributed by atoms with van der Waals surface area (Å²) in [5.74, 6) is 0. The number of allylic oxidation sites excluding steroid dienone is 5. The van der Waals surface area contributed by atoms with Crippen LogP contribution in [0, 0.1) is 4.91 Å². The monoisotopic (exact) mass is 249 g/mol. The van der Waals surface area contributed by atoms with E-state index in [0.29, 0.717) is 0 Å². The Kier molecular flexibility index (Phi) is 14.1. The summed E-state index contributed by atoms with van der Waals surface area (Å²) >= 11 is 0. The summed E-state index contributed by atoms with van der Waals surface area (Å²) in [5.41, 5.74) is 0. The molecule has 0 N–H and O–H groups in total. The van der Waals surface area contributed by atoms with E-state index in [4.69, 9.17) is 0 Å². The van der Waals surface area contributed by atoms with Crippen molar-refractivity contribution in [3.05, 3.63) is 41.5 Å². The summed E-state index contributed by atoms with van der Waals surface area (Å²) in [5, 5.41) is 8.58. The van der Waals surface area contributed by atoms with Crippen LogP contribution in [0.1, 0.15) is 51.9 Å². The normalized spacial score (nSPS) is 12.5.